The van der Waals surface area contributed by atoms with Crippen LogP contribution in [0.25, 0.3) is 22.6 Å². The second-order valence-electron chi connectivity index (χ2n) is 4.51. The second kappa shape index (κ2) is 4.93. The summed E-state index contributed by atoms with van der Waals surface area (Å²) >= 11 is 0. The van der Waals surface area contributed by atoms with Crippen molar-refractivity contribution in [3.8, 4) is 17.1 Å². The van der Waals surface area contributed by atoms with Crippen LogP contribution in [0.1, 0.15) is 5.56 Å². The van der Waals surface area contributed by atoms with Gasteiger partial charge in [-0.05, 0) is 12.1 Å². The average molecular weight is 312 g/mol. The minimum Gasteiger partial charge on any atom is -0.312 e. The van der Waals surface area contributed by atoms with Gasteiger partial charge in [0.25, 0.3) is 0 Å². The fourth-order valence-corrected chi connectivity index (χ4v) is 2.10. The molecule has 0 bridgehead atoms. The summed E-state index contributed by atoms with van der Waals surface area (Å²) in [6.45, 7) is 0. The van der Waals surface area contributed by atoms with Crippen LogP contribution in [0.3, 0.4) is 0 Å². The molecule has 9 heteroatoms. The van der Waals surface area contributed by atoms with E-state index >= 15 is 0 Å². The predicted octanol–water partition coefficient (Wildman–Crippen LogP) is 3.31. The molecule has 0 radical (unpaired) electrons. The molecule has 5 nitrogen and oxygen atoms in total. The quantitative estimate of drug-likeness (QED) is 0.681. The number of aromatic nitrogens is 4. The summed E-state index contributed by atoms with van der Waals surface area (Å²) in [5.74, 6) is 0.0359. The molecule has 0 fully saturated rings. The normalized spacial score (nSPS) is 11.9. The van der Waals surface area contributed by atoms with Gasteiger partial charge in [-0.2, -0.15) is 13.2 Å². The molecule has 0 atom stereocenters. The third-order valence-electron chi connectivity index (χ3n) is 3.14. The van der Waals surface area contributed by atoms with Gasteiger partial charge < -0.3 is 4.57 Å². The highest BCUT2D eigenvalue weighted by Gasteiger charge is 2.31. The molecule has 3 aromatic rings. The summed E-state index contributed by atoms with van der Waals surface area (Å²) in [6, 6.07) is 2.34. The van der Waals surface area contributed by atoms with Gasteiger partial charge in [0.05, 0.1) is 17.3 Å². The third kappa shape index (κ3) is 2.24. The highest BCUT2D eigenvalue weighted by atomic mass is 19.4. The summed E-state index contributed by atoms with van der Waals surface area (Å²) in [6.07, 6.45) is -1.25. The number of aryl methyl sites for hydroxylation is 1. The number of halogens is 4. The lowest BCUT2D eigenvalue weighted by Crippen LogP contribution is -2.05. The molecule has 0 N–H and O–H groups in total. The Morgan fingerprint density at radius 2 is 2.00 bits per heavy atom. The van der Waals surface area contributed by atoms with Gasteiger partial charge >= 0.3 is 6.18 Å². The molecule has 0 aliphatic carbocycles. The Morgan fingerprint density at radius 3 is 2.68 bits per heavy atom. The van der Waals surface area contributed by atoms with E-state index in [9.17, 15) is 17.7 Å². The lowest BCUT2D eigenvalue weighted by atomic mass is 10.2. The summed E-state index contributed by atoms with van der Waals surface area (Å²) in [4.78, 5) is 15.3. The fraction of sp³-hybridized carbons (Fsp3) is 0.154. The third-order valence-corrected chi connectivity index (χ3v) is 3.14. The summed E-state index contributed by atoms with van der Waals surface area (Å²) < 4.78 is 52.1. The average Bonchev–Trinajstić information content (AvgIpc) is 2.83. The highest BCUT2D eigenvalue weighted by Crippen LogP contribution is 2.33. The molecule has 0 unspecified atom stereocenters. The Labute approximate surface area is 121 Å². The van der Waals surface area contributed by atoms with Crippen molar-refractivity contribution < 1.29 is 22.6 Å². The zero-order chi connectivity index (χ0) is 15.9. The van der Waals surface area contributed by atoms with Gasteiger partial charge in [0, 0.05) is 24.0 Å². The van der Waals surface area contributed by atoms with Crippen LogP contribution in [0.2, 0.25) is 0 Å². The molecule has 0 amide bonds. The zero-order valence-electron chi connectivity index (χ0n) is 11.1. The molecule has 0 aliphatic heterocycles. The van der Waals surface area contributed by atoms with E-state index in [0.29, 0.717) is 0 Å². The molecule has 0 aromatic carbocycles. The van der Waals surface area contributed by atoms with Gasteiger partial charge in [0.2, 0.25) is 5.75 Å². The standard InChI is InChI=1S/C13H8F4N4O/c1-21-11(8-2-3-18-6-10(8)22-17)20-9-4-7(13(14,15)16)5-19-12(9)21/h2-6H,1H3. The summed E-state index contributed by atoms with van der Waals surface area (Å²) in [5.41, 5.74) is -0.355. The second-order valence-corrected chi connectivity index (χ2v) is 4.51. The van der Waals surface area contributed by atoms with Crippen molar-refractivity contribution in [3.63, 3.8) is 0 Å². The van der Waals surface area contributed by atoms with E-state index in [0.717, 1.165) is 18.5 Å². The van der Waals surface area contributed by atoms with Crippen molar-refractivity contribution in [2.75, 3.05) is 0 Å². The molecule has 0 aliphatic rings. The van der Waals surface area contributed by atoms with Crippen molar-refractivity contribution in [2.45, 2.75) is 6.18 Å². The number of fused-ring (bicyclic) bond motifs is 1. The topological polar surface area (TPSA) is 52.8 Å². The Hall–Kier alpha value is -2.71. The molecule has 3 rings (SSSR count). The molecule has 3 aromatic heterocycles. The van der Waals surface area contributed by atoms with Crippen LogP contribution in [-0.4, -0.2) is 19.5 Å². The Morgan fingerprint density at radius 1 is 1.23 bits per heavy atom. The number of hydrogen-bond acceptors (Lipinski definition) is 4. The zero-order valence-corrected chi connectivity index (χ0v) is 11.1. The van der Waals surface area contributed by atoms with Gasteiger partial charge in [-0.15, -0.1) is 0 Å². The molecule has 3 heterocycles. The smallest absolute Gasteiger partial charge is 0.312 e. The monoisotopic (exact) mass is 312 g/mol. The number of hydrogen-bond donors (Lipinski definition) is 0. The van der Waals surface area contributed by atoms with Crippen molar-refractivity contribution in [1.82, 2.24) is 19.5 Å². The lowest BCUT2D eigenvalue weighted by Gasteiger charge is -2.05. The first-order valence-electron chi connectivity index (χ1n) is 6.04. The maximum Gasteiger partial charge on any atom is 0.417 e. The highest BCUT2D eigenvalue weighted by molar-refractivity contribution is 5.79. The molecular formula is C13H8F4N4O. The Kier molecular flexibility index (Phi) is 3.19. The maximum atomic E-state index is 12.7. The van der Waals surface area contributed by atoms with Gasteiger partial charge in [0.15, 0.2) is 5.65 Å². The number of imidazole rings is 1. The number of pyridine rings is 2. The molecule has 0 spiro atoms. The van der Waals surface area contributed by atoms with Gasteiger partial charge in [-0.3, -0.25) is 9.93 Å². The molecular weight excluding hydrogens is 304 g/mol. The maximum absolute atomic E-state index is 12.7. The Balaban J connectivity index is 2.22. The first-order valence-corrected chi connectivity index (χ1v) is 6.04. The van der Waals surface area contributed by atoms with E-state index in [-0.39, 0.29) is 28.3 Å². The SMILES string of the molecule is Cn1c(-c2ccncc2OF)nc2cc(C(F)(F)F)cnc21. The van der Waals surface area contributed by atoms with Crippen molar-refractivity contribution in [1.29, 1.82) is 0 Å². The number of alkyl halides is 3. The van der Waals surface area contributed by atoms with Crippen LogP contribution >= 0.6 is 0 Å². The van der Waals surface area contributed by atoms with Crippen LogP contribution in [0, 0.1) is 0 Å². The lowest BCUT2D eigenvalue weighted by molar-refractivity contribution is -0.137. The first-order chi connectivity index (χ1) is 10.4. The van der Waals surface area contributed by atoms with Gasteiger partial charge in [-0.25, -0.2) is 9.97 Å². The van der Waals surface area contributed by atoms with Crippen molar-refractivity contribution >= 4 is 11.2 Å². The van der Waals surface area contributed by atoms with Crippen molar-refractivity contribution in [2.24, 2.45) is 7.05 Å². The van der Waals surface area contributed by atoms with Crippen LogP contribution in [0.5, 0.6) is 5.75 Å². The fourth-order valence-electron chi connectivity index (χ4n) is 2.10. The summed E-state index contributed by atoms with van der Waals surface area (Å²) in [5, 5.41) is 0. The van der Waals surface area contributed by atoms with Crippen LogP contribution in [0.4, 0.5) is 17.7 Å². The van der Waals surface area contributed by atoms with E-state index in [4.69, 9.17) is 0 Å². The Bertz CT molecular complexity index is 844. The van der Waals surface area contributed by atoms with E-state index in [2.05, 4.69) is 19.9 Å². The van der Waals surface area contributed by atoms with Crippen molar-refractivity contribution in [3.05, 3.63) is 36.3 Å². The molecule has 0 saturated heterocycles. The van der Waals surface area contributed by atoms with E-state index in [1.54, 1.807) is 7.05 Å². The minimum atomic E-state index is -4.51. The van der Waals surface area contributed by atoms with E-state index in [1.165, 1.54) is 16.8 Å². The van der Waals surface area contributed by atoms with Gasteiger partial charge in [0.1, 0.15) is 11.3 Å². The summed E-state index contributed by atoms with van der Waals surface area (Å²) in [7, 11) is 1.56. The van der Waals surface area contributed by atoms with Crippen LogP contribution < -0.4 is 4.94 Å². The number of rotatable bonds is 2. The minimum absolute atomic E-state index is 0.0499. The predicted molar refractivity (Wildman–Crippen MR) is 68.5 cm³/mol. The largest absolute Gasteiger partial charge is 0.417 e. The van der Waals surface area contributed by atoms with Crippen LogP contribution in [0.15, 0.2) is 30.7 Å². The van der Waals surface area contributed by atoms with E-state index < -0.39 is 11.7 Å². The number of nitrogens with zero attached hydrogens (tertiary/aromatic N) is 4. The molecule has 0 saturated carbocycles. The van der Waals surface area contributed by atoms with Gasteiger partial charge in [-0.1, -0.05) is 0 Å². The molecule has 114 valence electrons. The van der Waals surface area contributed by atoms with Crippen LogP contribution in [-0.2, 0) is 13.2 Å². The molecule has 22 heavy (non-hydrogen) atoms. The first kappa shape index (κ1) is 14.2. The van der Waals surface area contributed by atoms with E-state index in [1.807, 2.05) is 0 Å².